The highest BCUT2D eigenvalue weighted by atomic mass is 16.5. The molecule has 0 atom stereocenters. The second-order valence-corrected chi connectivity index (χ2v) is 5.65. The largest absolute Gasteiger partial charge is 0.497 e. The number of aromatic nitrogens is 1. The summed E-state index contributed by atoms with van der Waals surface area (Å²) in [6.45, 7) is 0. The number of rotatable bonds is 4. The van der Waals surface area contributed by atoms with Gasteiger partial charge in [-0.3, -0.25) is 4.79 Å². The molecule has 3 aromatic carbocycles. The van der Waals surface area contributed by atoms with E-state index in [1.54, 1.807) is 13.2 Å². The number of aromatic amines is 1. The first-order valence-electron chi connectivity index (χ1n) is 7.86. The Hall–Kier alpha value is -3.47. The van der Waals surface area contributed by atoms with Crippen LogP contribution in [-0.4, -0.2) is 12.3 Å². The molecule has 0 radical (unpaired) electrons. The van der Waals surface area contributed by atoms with Gasteiger partial charge in [0.1, 0.15) is 11.1 Å². The Balaban J connectivity index is 1.64. The van der Waals surface area contributed by atoms with E-state index in [0.717, 1.165) is 22.6 Å². The molecule has 0 fully saturated rings. The van der Waals surface area contributed by atoms with Gasteiger partial charge in [-0.15, -0.1) is 0 Å². The summed E-state index contributed by atoms with van der Waals surface area (Å²) in [6, 6.07) is 21.4. The average molecular weight is 332 g/mol. The number of ether oxygens (including phenoxy) is 1. The van der Waals surface area contributed by atoms with E-state index in [1.165, 1.54) is 0 Å². The molecule has 0 aliphatic carbocycles. The van der Waals surface area contributed by atoms with E-state index < -0.39 is 0 Å². The molecule has 1 aromatic heterocycles. The summed E-state index contributed by atoms with van der Waals surface area (Å²) in [4.78, 5) is 11.9. The second kappa shape index (κ2) is 6.20. The Morgan fingerprint density at radius 1 is 0.960 bits per heavy atom. The summed E-state index contributed by atoms with van der Waals surface area (Å²) in [6.07, 6.45) is 0. The van der Waals surface area contributed by atoms with Gasteiger partial charge in [0.05, 0.1) is 12.8 Å². The molecule has 0 amide bonds. The number of hydrogen-bond donors (Lipinski definition) is 2. The minimum Gasteiger partial charge on any atom is -0.497 e. The average Bonchev–Trinajstić information content (AvgIpc) is 3.04. The number of benzene rings is 3. The molecule has 1 heterocycles. The number of anilines is 2. The fourth-order valence-electron chi connectivity index (χ4n) is 2.81. The molecule has 0 spiro atoms. The van der Waals surface area contributed by atoms with Crippen molar-refractivity contribution in [1.82, 2.24) is 5.16 Å². The summed E-state index contributed by atoms with van der Waals surface area (Å²) < 4.78 is 10.4. The molecule has 5 nitrogen and oxygen atoms in total. The smallest absolute Gasteiger partial charge is 0.289 e. The first-order chi connectivity index (χ1) is 12.2. The fourth-order valence-corrected chi connectivity index (χ4v) is 2.81. The van der Waals surface area contributed by atoms with Crippen LogP contribution < -0.4 is 15.6 Å². The number of fused-ring (bicyclic) bond motifs is 1. The molecule has 25 heavy (non-hydrogen) atoms. The van der Waals surface area contributed by atoms with Crippen molar-refractivity contribution in [2.75, 3.05) is 12.4 Å². The molecule has 5 heteroatoms. The van der Waals surface area contributed by atoms with E-state index in [-0.39, 0.29) is 5.56 Å². The molecule has 0 unspecified atom stereocenters. The highest BCUT2D eigenvalue weighted by Gasteiger charge is 2.09. The predicted octanol–water partition coefficient (Wildman–Crippen LogP) is 4.54. The lowest BCUT2D eigenvalue weighted by Gasteiger charge is -2.09. The van der Waals surface area contributed by atoms with Crippen LogP contribution in [0.5, 0.6) is 5.75 Å². The van der Waals surface area contributed by atoms with Gasteiger partial charge in [0.25, 0.3) is 5.56 Å². The van der Waals surface area contributed by atoms with Crippen LogP contribution in [0.2, 0.25) is 0 Å². The summed E-state index contributed by atoms with van der Waals surface area (Å²) >= 11 is 0. The van der Waals surface area contributed by atoms with Crippen molar-refractivity contribution in [3.8, 4) is 16.9 Å². The minimum atomic E-state index is -0.244. The Morgan fingerprint density at radius 2 is 1.76 bits per heavy atom. The van der Waals surface area contributed by atoms with E-state index in [2.05, 4.69) is 10.5 Å². The zero-order chi connectivity index (χ0) is 17.2. The first-order valence-corrected chi connectivity index (χ1v) is 7.86. The van der Waals surface area contributed by atoms with Crippen molar-refractivity contribution in [3.05, 3.63) is 77.1 Å². The predicted molar refractivity (Wildman–Crippen MR) is 98.5 cm³/mol. The topological polar surface area (TPSA) is 67.3 Å². The quantitative estimate of drug-likeness (QED) is 0.576. The molecule has 2 N–H and O–H groups in total. The fraction of sp³-hybridized carbons (Fsp3) is 0.0500. The van der Waals surface area contributed by atoms with E-state index in [1.807, 2.05) is 60.7 Å². The van der Waals surface area contributed by atoms with Crippen molar-refractivity contribution in [1.29, 1.82) is 0 Å². The minimum absolute atomic E-state index is 0.244. The maximum Gasteiger partial charge on any atom is 0.289 e. The first kappa shape index (κ1) is 15.1. The molecule has 4 aromatic rings. The lowest BCUT2D eigenvalue weighted by molar-refractivity contribution is 0.415. The molecule has 0 bridgehead atoms. The molecular formula is C20H16N2O3. The lowest BCUT2D eigenvalue weighted by Crippen LogP contribution is -2.00. The standard InChI is InChI=1S/C20H16N2O3/c1-24-16-5-2-4-14(12-16)13-8-10-15(11-9-13)21-17-6-3-7-18-19(17)20(23)22-25-18/h2-12,21H,1H3,(H,22,23). The Morgan fingerprint density at radius 3 is 2.56 bits per heavy atom. The highest BCUT2D eigenvalue weighted by molar-refractivity contribution is 5.91. The van der Waals surface area contributed by atoms with E-state index in [4.69, 9.17) is 9.26 Å². The SMILES string of the molecule is COc1cccc(-c2ccc(Nc3cccc4o[nH]c(=O)c34)cc2)c1. The molecular weight excluding hydrogens is 316 g/mol. The molecule has 4 rings (SSSR count). The summed E-state index contributed by atoms with van der Waals surface area (Å²) in [5, 5.41) is 6.15. The molecule has 0 aliphatic heterocycles. The van der Waals surface area contributed by atoms with Crippen LogP contribution in [0.4, 0.5) is 11.4 Å². The van der Waals surface area contributed by atoms with Gasteiger partial charge < -0.3 is 14.6 Å². The Kier molecular flexibility index (Phi) is 3.74. The van der Waals surface area contributed by atoms with Crippen molar-refractivity contribution in [2.45, 2.75) is 0 Å². The number of hydrogen-bond acceptors (Lipinski definition) is 4. The summed E-state index contributed by atoms with van der Waals surface area (Å²) in [5.74, 6) is 0.825. The third kappa shape index (κ3) is 2.87. The van der Waals surface area contributed by atoms with Crippen LogP contribution in [0.1, 0.15) is 0 Å². The summed E-state index contributed by atoms with van der Waals surface area (Å²) in [7, 11) is 1.66. The van der Waals surface area contributed by atoms with Gasteiger partial charge in [0.2, 0.25) is 0 Å². The van der Waals surface area contributed by atoms with Crippen molar-refractivity contribution < 1.29 is 9.26 Å². The van der Waals surface area contributed by atoms with Crippen LogP contribution in [0.15, 0.2) is 76.0 Å². The zero-order valence-corrected chi connectivity index (χ0v) is 13.6. The number of H-pyrrole nitrogens is 1. The second-order valence-electron chi connectivity index (χ2n) is 5.65. The molecule has 124 valence electrons. The van der Waals surface area contributed by atoms with Crippen molar-refractivity contribution in [2.24, 2.45) is 0 Å². The van der Waals surface area contributed by atoms with Gasteiger partial charge in [0.15, 0.2) is 5.58 Å². The van der Waals surface area contributed by atoms with Crippen LogP contribution in [-0.2, 0) is 0 Å². The Bertz CT molecular complexity index is 1080. The van der Waals surface area contributed by atoms with Crippen molar-refractivity contribution >= 4 is 22.3 Å². The number of nitrogens with one attached hydrogen (secondary N) is 2. The van der Waals surface area contributed by atoms with Crippen molar-refractivity contribution in [3.63, 3.8) is 0 Å². The monoisotopic (exact) mass is 332 g/mol. The van der Waals surface area contributed by atoms with Crippen LogP contribution >= 0.6 is 0 Å². The van der Waals surface area contributed by atoms with Gasteiger partial charge in [-0.25, -0.2) is 0 Å². The zero-order valence-electron chi connectivity index (χ0n) is 13.6. The third-order valence-corrected chi connectivity index (χ3v) is 4.07. The third-order valence-electron chi connectivity index (χ3n) is 4.07. The van der Waals surface area contributed by atoms with Gasteiger partial charge >= 0.3 is 0 Å². The summed E-state index contributed by atoms with van der Waals surface area (Å²) in [5.41, 5.74) is 4.05. The van der Waals surface area contributed by atoms with Crippen LogP contribution in [0, 0.1) is 0 Å². The normalized spacial score (nSPS) is 10.8. The highest BCUT2D eigenvalue weighted by Crippen LogP contribution is 2.27. The lowest BCUT2D eigenvalue weighted by atomic mass is 10.1. The molecule has 0 saturated carbocycles. The molecule has 0 saturated heterocycles. The van der Waals surface area contributed by atoms with Gasteiger partial charge in [0, 0.05) is 5.69 Å². The van der Waals surface area contributed by atoms with Gasteiger partial charge in [-0.2, -0.15) is 5.16 Å². The Labute approximate surface area is 143 Å². The van der Waals surface area contributed by atoms with E-state index in [9.17, 15) is 4.79 Å². The van der Waals surface area contributed by atoms with E-state index in [0.29, 0.717) is 16.7 Å². The molecule has 0 aliphatic rings. The van der Waals surface area contributed by atoms with E-state index >= 15 is 0 Å². The maximum absolute atomic E-state index is 11.9. The number of methoxy groups -OCH3 is 1. The van der Waals surface area contributed by atoms with Gasteiger partial charge in [-0.1, -0.05) is 30.3 Å². The van der Waals surface area contributed by atoms with Gasteiger partial charge in [-0.05, 0) is 47.5 Å². The van der Waals surface area contributed by atoms with Crippen LogP contribution in [0.25, 0.3) is 22.1 Å². The van der Waals surface area contributed by atoms with Crippen LogP contribution in [0.3, 0.4) is 0 Å². The maximum atomic E-state index is 11.9.